The van der Waals surface area contributed by atoms with Gasteiger partial charge < -0.3 is 15.5 Å². The van der Waals surface area contributed by atoms with Crippen LogP contribution in [0.5, 0.6) is 0 Å². The van der Waals surface area contributed by atoms with E-state index in [2.05, 4.69) is 48.2 Å². The number of rotatable bonds is 5. The molecule has 1 atom stereocenters. The van der Waals surface area contributed by atoms with Gasteiger partial charge in [0.15, 0.2) is 5.96 Å². The van der Waals surface area contributed by atoms with E-state index in [0.717, 1.165) is 25.0 Å². The first-order valence-corrected chi connectivity index (χ1v) is 7.71. The van der Waals surface area contributed by atoms with E-state index < -0.39 is 0 Å². The average Bonchev–Trinajstić information content (AvgIpc) is 2.39. The summed E-state index contributed by atoms with van der Waals surface area (Å²) in [5.41, 5.74) is 0. The number of guanidine groups is 1. The predicted molar refractivity (Wildman–Crippen MR) is 83.6 cm³/mol. The molecule has 0 saturated carbocycles. The van der Waals surface area contributed by atoms with Crippen molar-refractivity contribution in [3.05, 3.63) is 0 Å². The fraction of sp³-hybridized carbons (Fsp3) is 0.933. The lowest BCUT2D eigenvalue weighted by Crippen LogP contribution is -2.46. The van der Waals surface area contributed by atoms with Crippen LogP contribution in [0.15, 0.2) is 4.99 Å². The minimum absolute atomic E-state index is 0.643. The zero-order valence-corrected chi connectivity index (χ0v) is 13.4. The minimum atomic E-state index is 0.643. The molecule has 0 aliphatic carbocycles. The highest BCUT2D eigenvalue weighted by molar-refractivity contribution is 5.79. The molecule has 4 nitrogen and oxygen atoms in total. The van der Waals surface area contributed by atoms with E-state index in [1.165, 1.54) is 25.9 Å². The van der Waals surface area contributed by atoms with Gasteiger partial charge in [-0.15, -0.1) is 0 Å². The number of nitrogens with one attached hydrogen (secondary N) is 2. The molecule has 4 heteroatoms. The number of likely N-dealkylation sites (tertiary alicyclic amines) is 1. The molecule has 0 radical (unpaired) electrons. The van der Waals surface area contributed by atoms with Crippen molar-refractivity contribution in [1.82, 2.24) is 15.5 Å². The fourth-order valence-corrected chi connectivity index (χ4v) is 2.50. The first kappa shape index (κ1) is 16.3. The van der Waals surface area contributed by atoms with Crippen LogP contribution in [0.3, 0.4) is 0 Å². The lowest BCUT2D eigenvalue weighted by atomic mass is 9.97. The first-order valence-electron chi connectivity index (χ1n) is 7.71. The maximum absolute atomic E-state index is 4.28. The van der Waals surface area contributed by atoms with Gasteiger partial charge in [0.2, 0.25) is 0 Å². The maximum atomic E-state index is 4.28. The van der Waals surface area contributed by atoms with Crippen LogP contribution in [0.25, 0.3) is 0 Å². The van der Waals surface area contributed by atoms with Gasteiger partial charge in [-0.2, -0.15) is 0 Å². The van der Waals surface area contributed by atoms with Crippen molar-refractivity contribution in [1.29, 1.82) is 0 Å². The molecule has 1 rings (SSSR count). The van der Waals surface area contributed by atoms with Crippen LogP contribution in [0.4, 0.5) is 0 Å². The van der Waals surface area contributed by atoms with Gasteiger partial charge in [-0.05, 0) is 45.1 Å². The number of hydrogen-bond donors (Lipinski definition) is 2. The van der Waals surface area contributed by atoms with E-state index in [1.807, 2.05) is 7.05 Å². The molecule has 1 aliphatic rings. The molecular formula is C15H32N4. The summed E-state index contributed by atoms with van der Waals surface area (Å²) >= 11 is 0. The molecule has 0 spiro atoms. The SMILES string of the molecule is CN=C(NCC(C)C)NCC1CCCN(C(C)C)C1. The van der Waals surface area contributed by atoms with Crippen molar-refractivity contribution in [2.24, 2.45) is 16.8 Å². The molecule has 112 valence electrons. The molecule has 1 aliphatic heterocycles. The molecule has 1 fully saturated rings. The highest BCUT2D eigenvalue weighted by Gasteiger charge is 2.21. The summed E-state index contributed by atoms with van der Waals surface area (Å²) in [5, 5.41) is 6.83. The molecular weight excluding hydrogens is 236 g/mol. The Morgan fingerprint density at radius 2 is 2.00 bits per heavy atom. The van der Waals surface area contributed by atoms with Gasteiger partial charge in [0, 0.05) is 32.7 Å². The fourth-order valence-electron chi connectivity index (χ4n) is 2.50. The third-order valence-corrected chi connectivity index (χ3v) is 3.74. The Morgan fingerprint density at radius 3 is 2.58 bits per heavy atom. The molecule has 0 bridgehead atoms. The van der Waals surface area contributed by atoms with E-state index >= 15 is 0 Å². The molecule has 2 N–H and O–H groups in total. The largest absolute Gasteiger partial charge is 0.356 e. The van der Waals surface area contributed by atoms with Gasteiger partial charge in [0.25, 0.3) is 0 Å². The van der Waals surface area contributed by atoms with Crippen molar-refractivity contribution < 1.29 is 0 Å². The second-order valence-corrected chi connectivity index (χ2v) is 6.32. The highest BCUT2D eigenvalue weighted by atomic mass is 15.2. The Hall–Kier alpha value is -0.770. The van der Waals surface area contributed by atoms with Gasteiger partial charge in [0.05, 0.1) is 0 Å². The summed E-state index contributed by atoms with van der Waals surface area (Å²) in [6.45, 7) is 13.5. The average molecular weight is 268 g/mol. The van der Waals surface area contributed by atoms with Crippen molar-refractivity contribution in [3.8, 4) is 0 Å². The second kappa shape index (κ2) is 8.41. The summed E-state index contributed by atoms with van der Waals surface area (Å²) < 4.78 is 0. The van der Waals surface area contributed by atoms with Crippen LogP contribution in [-0.4, -0.2) is 50.1 Å². The standard InChI is InChI=1S/C15H32N4/c1-12(2)9-17-15(16-5)18-10-14-7-6-8-19(11-14)13(3)4/h12-14H,6-11H2,1-5H3,(H2,16,17,18). The molecule has 0 amide bonds. The van der Waals surface area contributed by atoms with Gasteiger partial charge in [-0.1, -0.05) is 13.8 Å². The number of hydrogen-bond acceptors (Lipinski definition) is 2. The lowest BCUT2D eigenvalue weighted by Gasteiger charge is -2.35. The summed E-state index contributed by atoms with van der Waals surface area (Å²) in [4.78, 5) is 6.86. The molecule has 1 unspecified atom stereocenters. The van der Waals surface area contributed by atoms with Gasteiger partial charge in [-0.25, -0.2) is 0 Å². The van der Waals surface area contributed by atoms with Crippen molar-refractivity contribution in [2.45, 2.75) is 46.6 Å². The number of piperidine rings is 1. The van der Waals surface area contributed by atoms with Crippen LogP contribution in [-0.2, 0) is 0 Å². The molecule has 1 heterocycles. The smallest absolute Gasteiger partial charge is 0.190 e. The van der Waals surface area contributed by atoms with Crippen molar-refractivity contribution >= 4 is 5.96 Å². The van der Waals surface area contributed by atoms with Crippen molar-refractivity contribution in [2.75, 3.05) is 33.2 Å². The van der Waals surface area contributed by atoms with Crippen LogP contribution in [0.1, 0.15) is 40.5 Å². The summed E-state index contributed by atoms with van der Waals surface area (Å²) in [5.74, 6) is 2.33. The van der Waals surface area contributed by atoms with Crippen LogP contribution >= 0.6 is 0 Å². The van der Waals surface area contributed by atoms with E-state index in [-0.39, 0.29) is 0 Å². The molecule has 19 heavy (non-hydrogen) atoms. The van der Waals surface area contributed by atoms with Crippen LogP contribution in [0, 0.1) is 11.8 Å². The van der Waals surface area contributed by atoms with E-state index in [9.17, 15) is 0 Å². The zero-order chi connectivity index (χ0) is 14.3. The first-order chi connectivity index (χ1) is 9.02. The van der Waals surface area contributed by atoms with E-state index in [4.69, 9.17) is 0 Å². The summed E-state index contributed by atoms with van der Waals surface area (Å²) in [6.07, 6.45) is 2.65. The van der Waals surface area contributed by atoms with Gasteiger partial charge >= 0.3 is 0 Å². The maximum Gasteiger partial charge on any atom is 0.190 e. The third-order valence-electron chi connectivity index (χ3n) is 3.74. The zero-order valence-electron chi connectivity index (χ0n) is 13.4. The molecule has 0 aromatic heterocycles. The van der Waals surface area contributed by atoms with Crippen LogP contribution < -0.4 is 10.6 Å². The lowest BCUT2D eigenvalue weighted by molar-refractivity contribution is 0.141. The van der Waals surface area contributed by atoms with Crippen molar-refractivity contribution in [3.63, 3.8) is 0 Å². The van der Waals surface area contributed by atoms with Gasteiger partial charge in [0.1, 0.15) is 0 Å². The molecule has 0 aromatic rings. The summed E-state index contributed by atoms with van der Waals surface area (Å²) in [7, 11) is 1.84. The monoisotopic (exact) mass is 268 g/mol. The molecule has 0 aromatic carbocycles. The number of nitrogens with zero attached hydrogens (tertiary/aromatic N) is 2. The molecule has 1 saturated heterocycles. The normalized spacial score (nSPS) is 22.1. The van der Waals surface area contributed by atoms with E-state index in [1.54, 1.807) is 0 Å². The predicted octanol–water partition coefficient (Wildman–Crippen LogP) is 1.93. The Kier molecular flexibility index (Phi) is 7.21. The Bertz CT molecular complexity index is 273. The quantitative estimate of drug-likeness (QED) is 0.591. The topological polar surface area (TPSA) is 39.7 Å². The Balaban J connectivity index is 2.30. The minimum Gasteiger partial charge on any atom is -0.356 e. The third kappa shape index (κ3) is 6.28. The summed E-state index contributed by atoms with van der Waals surface area (Å²) in [6, 6.07) is 0.668. The van der Waals surface area contributed by atoms with Crippen LogP contribution in [0.2, 0.25) is 0 Å². The Morgan fingerprint density at radius 1 is 1.26 bits per heavy atom. The second-order valence-electron chi connectivity index (χ2n) is 6.32. The Labute approximate surface area is 119 Å². The van der Waals surface area contributed by atoms with E-state index in [0.29, 0.717) is 12.0 Å². The number of aliphatic imine (C=N–C) groups is 1. The highest BCUT2D eigenvalue weighted by Crippen LogP contribution is 2.17. The van der Waals surface area contributed by atoms with Gasteiger partial charge in [-0.3, -0.25) is 4.99 Å².